The van der Waals surface area contributed by atoms with Crippen molar-refractivity contribution in [1.29, 1.82) is 0 Å². The molecule has 2 rings (SSSR count). The second kappa shape index (κ2) is 7.07. The Hall–Kier alpha value is -2.09. The number of nitrogens with one attached hydrogen (secondary N) is 1. The minimum atomic E-state index is -0.0741. The van der Waals surface area contributed by atoms with E-state index in [4.69, 9.17) is 5.73 Å². The number of hydrogen-bond acceptors (Lipinski definition) is 3. The molecule has 0 spiro atoms. The van der Waals surface area contributed by atoms with E-state index in [1.807, 2.05) is 31.2 Å². The predicted molar refractivity (Wildman–Crippen MR) is 87.3 cm³/mol. The maximum absolute atomic E-state index is 12.3. The third-order valence-corrected chi connectivity index (χ3v) is 4.12. The van der Waals surface area contributed by atoms with Crippen LogP contribution in [0.25, 0.3) is 0 Å². The summed E-state index contributed by atoms with van der Waals surface area (Å²) in [6, 6.07) is 9.66. The van der Waals surface area contributed by atoms with Gasteiger partial charge >= 0.3 is 0 Å². The van der Waals surface area contributed by atoms with Gasteiger partial charge in [-0.15, -0.1) is 11.3 Å². The molecular weight excluding hydrogens is 280 g/mol. The van der Waals surface area contributed by atoms with Gasteiger partial charge in [-0.3, -0.25) is 4.79 Å². The lowest BCUT2D eigenvalue weighted by molar-refractivity contribution is 0.0950. The first-order valence-electron chi connectivity index (χ1n) is 6.74. The molecule has 0 saturated heterocycles. The zero-order valence-corrected chi connectivity index (χ0v) is 13.0. The Kier molecular flexibility index (Phi) is 5.15. The van der Waals surface area contributed by atoms with Crippen molar-refractivity contribution >= 4 is 17.2 Å². The van der Waals surface area contributed by atoms with Gasteiger partial charge in [0.2, 0.25) is 0 Å². The lowest BCUT2D eigenvalue weighted by atomic mass is 10.0. The zero-order valence-electron chi connectivity index (χ0n) is 12.2. The van der Waals surface area contributed by atoms with Crippen molar-refractivity contribution in [3.05, 3.63) is 56.8 Å². The van der Waals surface area contributed by atoms with E-state index in [0.29, 0.717) is 18.7 Å². The van der Waals surface area contributed by atoms with Crippen LogP contribution in [0.5, 0.6) is 0 Å². The first-order chi connectivity index (χ1) is 10.1. The summed E-state index contributed by atoms with van der Waals surface area (Å²) in [6.45, 7) is 4.83. The first kappa shape index (κ1) is 15.3. The fraction of sp³-hybridized carbons (Fsp3) is 0.235. The highest BCUT2D eigenvalue weighted by molar-refractivity contribution is 7.11. The SMILES string of the molecule is Cc1ccc(CNC(=O)c2cccc(C#CCN)c2C)s1. The van der Waals surface area contributed by atoms with Crippen molar-refractivity contribution < 1.29 is 4.79 Å². The van der Waals surface area contributed by atoms with Gasteiger partial charge in [0.1, 0.15) is 0 Å². The summed E-state index contributed by atoms with van der Waals surface area (Å²) in [5.41, 5.74) is 7.78. The molecule has 0 radical (unpaired) electrons. The molecule has 1 amide bonds. The summed E-state index contributed by atoms with van der Waals surface area (Å²) in [5, 5.41) is 2.95. The van der Waals surface area contributed by atoms with Crippen LogP contribution in [0.2, 0.25) is 0 Å². The van der Waals surface area contributed by atoms with Gasteiger partial charge in [0.25, 0.3) is 5.91 Å². The van der Waals surface area contributed by atoms with Crippen LogP contribution in [-0.4, -0.2) is 12.5 Å². The Morgan fingerprint density at radius 2 is 2.10 bits per heavy atom. The number of rotatable bonds is 3. The van der Waals surface area contributed by atoms with Gasteiger partial charge in [-0.1, -0.05) is 17.9 Å². The Morgan fingerprint density at radius 1 is 1.29 bits per heavy atom. The second-order valence-corrected chi connectivity index (χ2v) is 6.05. The van der Waals surface area contributed by atoms with Crippen molar-refractivity contribution in [2.75, 3.05) is 6.54 Å². The van der Waals surface area contributed by atoms with Gasteiger partial charge in [-0.2, -0.15) is 0 Å². The van der Waals surface area contributed by atoms with E-state index in [1.165, 1.54) is 4.88 Å². The molecule has 0 unspecified atom stereocenters. The van der Waals surface area contributed by atoms with Crippen molar-refractivity contribution in [1.82, 2.24) is 5.32 Å². The van der Waals surface area contributed by atoms with Crippen molar-refractivity contribution in [3.63, 3.8) is 0 Å². The number of aryl methyl sites for hydroxylation is 1. The normalized spacial score (nSPS) is 9.86. The molecule has 4 heteroatoms. The zero-order chi connectivity index (χ0) is 15.2. The molecule has 21 heavy (non-hydrogen) atoms. The maximum Gasteiger partial charge on any atom is 0.251 e. The Bertz CT molecular complexity index is 707. The topological polar surface area (TPSA) is 55.1 Å². The fourth-order valence-electron chi connectivity index (χ4n) is 2.01. The second-order valence-electron chi connectivity index (χ2n) is 4.68. The van der Waals surface area contributed by atoms with Gasteiger partial charge in [-0.05, 0) is 43.7 Å². The fourth-order valence-corrected chi connectivity index (χ4v) is 2.84. The average molecular weight is 298 g/mol. The molecule has 0 fully saturated rings. The molecular formula is C17H18N2OS. The van der Waals surface area contributed by atoms with Gasteiger partial charge in [0.15, 0.2) is 0 Å². The summed E-state index contributed by atoms with van der Waals surface area (Å²) in [4.78, 5) is 14.7. The molecule has 0 atom stereocenters. The third-order valence-electron chi connectivity index (χ3n) is 3.12. The van der Waals surface area contributed by atoms with E-state index in [1.54, 1.807) is 11.3 Å². The average Bonchev–Trinajstić information content (AvgIpc) is 2.89. The molecule has 3 N–H and O–H groups in total. The molecule has 0 aliphatic heterocycles. The molecule has 0 saturated carbocycles. The number of nitrogens with two attached hydrogens (primary N) is 1. The molecule has 1 heterocycles. The quantitative estimate of drug-likeness (QED) is 0.856. The lowest BCUT2D eigenvalue weighted by Crippen LogP contribution is -2.23. The molecule has 2 aromatic rings. The Labute approximate surface area is 129 Å². The summed E-state index contributed by atoms with van der Waals surface area (Å²) < 4.78 is 0. The highest BCUT2D eigenvalue weighted by Crippen LogP contribution is 2.16. The van der Waals surface area contributed by atoms with Gasteiger partial charge < -0.3 is 11.1 Å². The third kappa shape index (κ3) is 3.94. The molecule has 0 bridgehead atoms. The summed E-state index contributed by atoms with van der Waals surface area (Å²) in [7, 11) is 0. The summed E-state index contributed by atoms with van der Waals surface area (Å²) in [5.74, 6) is 5.74. The summed E-state index contributed by atoms with van der Waals surface area (Å²) >= 11 is 1.69. The van der Waals surface area contributed by atoms with Crippen molar-refractivity contribution in [3.8, 4) is 11.8 Å². The number of carbonyl (C=O) groups excluding carboxylic acids is 1. The van der Waals surface area contributed by atoms with Gasteiger partial charge in [0, 0.05) is 20.9 Å². The van der Waals surface area contributed by atoms with Crippen molar-refractivity contribution in [2.45, 2.75) is 20.4 Å². The van der Waals surface area contributed by atoms with E-state index in [9.17, 15) is 4.79 Å². The van der Waals surface area contributed by atoms with Crippen LogP contribution < -0.4 is 11.1 Å². The van der Waals surface area contributed by atoms with E-state index in [0.717, 1.165) is 16.0 Å². The maximum atomic E-state index is 12.3. The minimum absolute atomic E-state index is 0.0741. The highest BCUT2D eigenvalue weighted by atomic mass is 32.1. The number of carbonyl (C=O) groups is 1. The van der Waals surface area contributed by atoms with E-state index in [-0.39, 0.29) is 5.91 Å². The largest absolute Gasteiger partial charge is 0.347 e. The smallest absolute Gasteiger partial charge is 0.251 e. The molecule has 3 nitrogen and oxygen atoms in total. The van der Waals surface area contributed by atoms with Crippen LogP contribution in [0.15, 0.2) is 30.3 Å². The van der Waals surface area contributed by atoms with Crippen LogP contribution in [0, 0.1) is 25.7 Å². The Balaban J connectivity index is 2.12. The number of hydrogen-bond donors (Lipinski definition) is 2. The van der Waals surface area contributed by atoms with Crippen LogP contribution in [0.3, 0.4) is 0 Å². The van der Waals surface area contributed by atoms with Crippen molar-refractivity contribution in [2.24, 2.45) is 5.73 Å². The standard InChI is InChI=1S/C17H18N2OS/c1-12-8-9-15(21-12)11-19-17(20)16-7-3-5-14(13(16)2)6-4-10-18/h3,5,7-9H,10-11,18H2,1-2H3,(H,19,20). The van der Waals surface area contributed by atoms with E-state index in [2.05, 4.69) is 30.1 Å². The first-order valence-corrected chi connectivity index (χ1v) is 7.55. The van der Waals surface area contributed by atoms with E-state index < -0.39 is 0 Å². The molecule has 1 aromatic heterocycles. The van der Waals surface area contributed by atoms with Crippen LogP contribution in [0.4, 0.5) is 0 Å². The lowest BCUT2D eigenvalue weighted by Gasteiger charge is -2.08. The highest BCUT2D eigenvalue weighted by Gasteiger charge is 2.10. The number of thiophene rings is 1. The van der Waals surface area contributed by atoms with Crippen LogP contribution in [0.1, 0.15) is 31.2 Å². The minimum Gasteiger partial charge on any atom is -0.347 e. The number of benzene rings is 1. The Morgan fingerprint density at radius 3 is 2.76 bits per heavy atom. The number of amides is 1. The van der Waals surface area contributed by atoms with E-state index >= 15 is 0 Å². The van der Waals surface area contributed by atoms with Crippen LogP contribution >= 0.6 is 11.3 Å². The molecule has 1 aromatic carbocycles. The monoisotopic (exact) mass is 298 g/mol. The summed E-state index contributed by atoms with van der Waals surface area (Å²) in [6.07, 6.45) is 0. The molecule has 108 valence electrons. The van der Waals surface area contributed by atoms with Crippen LogP contribution in [-0.2, 0) is 6.54 Å². The molecule has 0 aliphatic rings. The van der Waals surface area contributed by atoms with Gasteiger partial charge in [-0.25, -0.2) is 0 Å². The van der Waals surface area contributed by atoms with Gasteiger partial charge in [0.05, 0.1) is 13.1 Å². The predicted octanol–water partition coefficient (Wildman–Crippen LogP) is 2.61. The molecule has 0 aliphatic carbocycles.